The number of hydrogen-bond donors (Lipinski definition) is 1. The lowest BCUT2D eigenvalue weighted by atomic mass is 10.2. The van der Waals surface area contributed by atoms with E-state index >= 15 is 0 Å². The lowest BCUT2D eigenvalue weighted by molar-refractivity contribution is 0.0336. The minimum Gasteiger partial charge on any atom is -0.439 e. The van der Waals surface area contributed by atoms with Crippen molar-refractivity contribution < 1.29 is 17.9 Å². The van der Waals surface area contributed by atoms with Crippen LogP contribution in [0.1, 0.15) is 15.9 Å². The van der Waals surface area contributed by atoms with Crippen LogP contribution in [-0.4, -0.2) is 29.4 Å². The number of aryl methyl sites for hydroxylation is 1. The van der Waals surface area contributed by atoms with Crippen molar-refractivity contribution in [2.75, 3.05) is 4.72 Å². The van der Waals surface area contributed by atoms with Crippen LogP contribution >= 0.6 is 0 Å². The zero-order chi connectivity index (χ0) is 22.7. The van der Waals surface area contributed by atoms with E-state index in [9.17, 15) is 18.0 Å². The Balaban J connectivity index is 1.51. The summed E-state index contributed by atoms with van der Waals surface area (Å²) in [5.74, 6) is -0.806. The molecule has 0 spiro atoms. The number of rotatable bonds is 6. The van der Waals surface area contributed by atoms with Crippen molar-refractivity contribution in [2.24, 2.45) is 0 Å². The molecule has 0 bridgehead atoms. The maximum absolute atomic E-state index is 12.7. The van der Waals surface area contributed by atoms with Crippen LogP contribution in [0.3, 0.4) is 0 Å². The van der Waals surface area contributed by atoms with Gasteiger partial charge in [0.05, 0.1) is 15.8 Å². The molecule has 1 N–H and O–H groups in total. The van der Waals surface area contributed by atoms with Gasteiger partial charge in [0, 0.05) is 5.69 Å². The lowest BCUT2D eigenvalue weighted by Crippen LogP contribution is -2.26. The highest BCUT2D eigenvalue weighted by atomic mass is 32.2. The number of carbonyl (C=O) groups excluding carboxylic acids is 1. The molecule has 0 saturated heterocycles. The predicted molar refractivity (Wildman–Crippen MR) is 118 cm³/mol. The fourth-order valence-corrected chi connectivity index (χ4v) is 4.12. The van der Waals surface area contributed by atoms with Gasteiger partial charge in [-0.1, -0.05) is 35.5 Å². The van der Waals surface area contributed by atoms with Gasteiger partial charge < -0.3 is 4.74 Å². The summed E-state index contributed by atoms with van der Waals surface area (Å²) < 4.78 is 34.0. The third-order valence-corrected chi connectivity index (χ3v) is 5.98. The molecule has 0 saturated carbocycles. The zero-order valence-corrected chi connectivity index (χ0v) is 17.7. The molecule has 0 amide bonds. The molecule has 0 unspecified atom stereocenters. The van der Waals surface area contributed by atoms with Gasteiger partial charge in [0.2, 0.25) is 0 Å². The molecule has 0 radical (unpaired) electrons. The third kappa shape index (κ3) is 4.49. The van der Waals surface area contributed by atoms with Gasteiger partial charge in [0.15, 0.2) is 6.73 Å². The second kappa shape index (κ2) is 8.60. The maximum atomic E-state index is 12.7. The van der Waals surface area contributed by atoms with E-state index in [2.05, 4.69) is 15.0 Å². The van der Waals surface area contributed by atoms with E-state index in [0.29, 0.717) is 16.6 Å². The van der Waals surface area contributed by atoms with E-state index in [-0.39, 0.29) is 10.5 Å². The molecule has 4 rings (SSSR count). The first-order valence-electron chi connectivity index (χ1n) is 9.53. The van der Waals surface area contributed by atoms with E-state index < -0.39 is 28.3 Å². The highest BCUT2D eigenvalue weighted by Crippen LogP contribution is 2.18. The van der Waals surface area contributed by atoms with Gasteiger partial charge in [-0.25, -0.2) is 13.2 Å². The molecule has 162 valence electrons. The number of ether oxygens (including phenoxy) is 1. The summed E-state index contributed by atoms with van der Waals surface area (Å²) >= 11 is 0. The Morgan fingerprint density at radius 3 is 2.62 bits per heavy atom. The number of nitrogens with one attached hydrogen (secondary N) is 1. The number of nitrogens with zero attached hydrogens (tertiary/aromatic N) is 3. The summed E-state index contributed by atoms with van der Waals surface area (Å²) in [4.78, 5) is 24.8. The van der Waals surface area contributed by atoms with Crippen LogP contribution in [0, 0.1) is 6.92 Å². The van der Waals surface area contributed by atoms with Crippen LogP contribution in [0.15, 0.2) is 82.5 Å². The summed E-state index contributed by atoms with van der Waals surface area (Å²) in [5.41, 5.74) is 1.29. The van der Waals surface area contributed by atoms with Crippen LogP contribution in [-0.2, 0) is 21.5 Å². The van der Waals surface area contributed by atoms with Gasteiger partial charge >= 0.3 is 5.97 Å². The number of hydrogen-bond acceptors (Lipinski definition) is 7. The van der Waals surface area contributed by atoms with Gasteiger partial charge in [-0.3, -0.25) is 9.52 Å². The van der Waals surface area contributed by atoms with Crippen molar-refractivity contribution in [3.05, 3.63) is 94.3 Å². The maximum Gasteiger partial charge on any atom is 0.339 e. The van der Waals surface area contributed by atoms with E-state index in [4.69, 9.17) is 4.74 Å². The summed E-state index contributed by atoms with van der Waals surface area (Å²) in [7, 11) is -3.92. The molecule has 32 heavy (non-hydrogen) atoms. The average molecular weight is 450 g/mol. The number of sulfonamides is 1. The Labute approximate surface area is 183 Å². The van der Waals surface area contributed by atoms with Gasteiger partial charge in [-0.2, -0.15) is 4.68 Å². The van der Waals surface area contributed by atoms with Gasteiger partial charge in [-0.05, 0) is 55.0 Å². The van der Waals surface area contributed by atoms with E-state index in [1.54, 1.807) is 42.5 Å². The molecule has 10 heteroatoms. The quantitative estimate of drug-likeness (QED) is 0.449. The SMILES string of the molecule is Cc1cccc(NS(=O)(=O)c2cccc(C(=O)OCn3nnc4ccccc4c3=O)c2)c1. The third-order valence-electron chi connectivity index (χ3n) is 4.60. The second-order valence-corrected chi connectivity index (χ2v) is 8.66. The van der Waals surface area contributed by atoms with Gasteiger partial charge in [-0.15, -0.1) is 5.10 Å². The van der Waals surface area contributed by atoms with Crippen molar-refractivity contribution in [1.82, 2.24) is 15.0 Å². The summed E-state index contributed by atoms with van der Waals surface area (Å²) in [6.07, 6.45) is 0. The molecule has 0 aliphatic heterocycles. The monoisotopic (exact) mass is 450 g/mol. The van der Waals surface area contributed by atoms with Crippen LogP contribution in [0.25, 0.3) is 10.9 Å². The number of esters is 1. The molecule has 0 aliphatic carbocycles. The summed E-state index contributed by atoms with van der Waals surface area (Å²) in [6, 6.07) is 19.0. The standard InChI is InChI=1S/C22H18N4O5S/c1-15-6-4-8-17(12-15)24-32(29,30)18-9-5-7-16(13-18)22(28)31-14-26-21(27)19-10-2-3-11-20(19)23-25-26/h2-13,24H,14H2,1H3. The first-order chi connectivity index (χ1) is 15.3. The molecule has 9 nitrogen and oxygen atoms in total. The minimum absolute atomic E-state index is 0.0129. The molecule has 1 aromatic heterocycles. The van der Waals surface area contributed by atoms with Crippen LogP contribution in [0.5, 0.6) is 0 Å². The fourth-order valence-electron chi connectivity index (χ4n) is 3.02. The normalized spacial score (nSPS) is 11.3. The average Bonchev–Trinajstić information content (AvgIpc) is 2.78. The molecule has 1 heterocycles. The molecule has 0 fully saturated rings. The topological polar surface area (TPSA) is 120 Å². The van der Waals surface area contributed by atoms with Gasteiger partial charge in [0.25, 0.3) is 15.6 Å². The Morgan fingerprint density at radius 2 is 1.81 bits per heavy atom. The number of fused-ring (bicyclic) bond motifs is 1. The summed E-state index contributed by atoms with van der Waals surface area (Å²) in [6.45, 7) is 1.38. The number of anilines is 1. The number of benzene rings is 3. The van der Waals surface area contributed by atoms with Crippen LogP contribution < -0.4 is 10.3 Å². The van der Waals surface area contributed by atoms with Crippen molar-refractivity contribution >= 4 is 32.6 Å². The molecule has 0 atom stereocenters. The molecule has 4 aromatic rings. The lowest BCUT2D eigenvalue weighted by Gasteiger charge is -2.10. The predicted octanol–water partition coefficient (Wildman–Crippen LogP) is 2.72. The first-order valence-corrected chi connectivity index (χ1v) is 11.0. The largest absolute Gasteiger partial charge is 0.439 e. The second-order valence-electron chi connectivity index (χ2n) is 6.97. The van der Waals surface area contributed by atoms with Crippen molar-refractivity contribution in [2.45, 2.75) is 18.6 Å². The van der Waals surface area contributed by atoms with Crippen molar-refractivity contribution in [3.63, 3.8) is 0 Å². The number of aromatic nitrogens is 3. The Bertz CT molecular complexity index is 1480. The highest BCUT2D eigenvalue weighted by Gasteiger charge is 2.18. The first kappa shape index (κ1) is 21.2. The molecular formula is C22H18N4O5S. The fraction of sp³-hybridized carbons (Fsp3) is 0.0909. The highest BCUT2D eigenvalue weighted by molar-refractivity contribution is 7.92. The molecule has 0 aliphatic rings. The minimum atomic E-state index is -3.92. The van der Waals surface area contributed by atoms with Crippen LogP contribution in [0.2, 0.25) is 0 Å². The van der Waals surface area contributed by atoms with Gasteiger partial charge in [0.1, 0.15) is 5.52 Å². The van der Waals surface area contributed by atoms with E-state index in [1.165, 1.54) is 24.3 Å². The van der Waals surface area contributed by atoms with Crippen molar-refractivity contribution in [3.8, 4) is 0 Å². The number of carbonyl (C=O) groups is 1. The zero-order valence-electron chi connectivity index (χ0n) is 16.9. The van der Waals surface area contributed by atoms with E-state index in [0.717, 1.165) is 10.2 Å². The van der Waals surface area contributed by atoms with Crippen molar-refractivity contribution in [1.29, 1.82) is 0 Å². The molecular weight excluding hydrogens is 432 g/mol. The van der Waals surface area contributed by atoms with Crippen LogP contribution in [0.4, 0.5) is 5.69 Å². The Hall–Kier alpha value is -4.05. The summed E-state index contributed by atoms with van der Waals surface area (Å²) in [5, 5.41) is 8.01. The Morgan fingerprint density at radius 1 is 1.03 bits per heavy atom. The molecule has 3 aromatic carbocycles. The smallest absolute Gasteiger partial charge is 0.339 e. The van der Waals surface area contributed by atoms with E-state index in [1.807, 2.05) is 13.0 Å². The Kier molecular flexibility index (Phi) is 5.69.